The summed E-state index contributed by atoms with van der Waals surface area (Å²) in [5.41, 5.74) is 5.27. The number of hydrogen-bond donors (Lipinski definition) is 1. The molecule has 0 unspecified atom stereocenters. The van der Waals surface area contributed by atoms with Crippen molar-refractivity contribution in [3.8, 4) is 22.6 Å². The number of benzene rings is 2. The van der Waals surface area contributed by atoms with Crippen LogP contribution in [0.3, 0.4) is 0 Å². The summed E-state index contributed by atoms with van der Waals surface area (Å²) in [6, 6.07) is 14.8. The minimum Gasteiger partial charge on any atom is -0.733 e. The van der Waals surface area contributed by atoms with E-state index in [1.54, 1.807) is 12.1 Å². The molecule has 5 nitrogen and oxygen atoms in total. The normalized spacial score (nSPS) is 11.9. The van der Waals surface area contributed by atoms with Crippen LogP contribution >= 0.6 is 0 Å². The summed E-state index contributed by atoms with van der Waals surface area (Å²) in [6.07, 6.45) is 2.68. The first-order chi connectivity index (χ1) is 10.7. The Morgan fingerprint density at radius 2 is 1.91 bits per heavy atom. The molecule has 0 amide bonds. The molecule has 0 radical (unpaired) electrons. The summed E-state index contributed by atoms with van der Waals surface area (Å²) >= 11 is 0. The highest BCUT2D eigenvalue weighted by Crippen LogP contribution is 2.35. The first-order valence-corrected chi connectivity index (χ1v) is 6.93. The van der Waals surface area contributed by atoms with Crippen molar-refractivity contribution in [3.05, 3.63) is 71.1 Å². The number of rotatable bonds is 2. The maximum Gasteiger partial charge on any atom is 0.159 e. The van der Waals surface area contributed by atoms with Gasteiger partial charge < -0.3 is 10.4 Å². The molecule has 1 N–H and O–H groups in total. The molecule has 0 aliphatic heterocycles. The smallest absolute Gasteiger partial charge is 0.159 e. The summed E-state index contributed by atoms with van der Waals surface area (Å²) < 4.78 is 0. The predicted octanol–water partition coefficient (Wildman–Crippen LogP) is 3.41. The van der Waals surface area contributed by atoms with Gasteiger partial charge in [-0.25, -0.2) is 9.97 Å². The molecule has 0 atom stereocenters. The van der Waals surface area contributed by atoms with E-state index in [-0.39, 0.29) is 10.9 Å². The Bertz CT molecular complexity index is 862. The Kier molecular flexibility index (Phi) is 2.89. The zero-order valence-electron chi connectivity index (χ0n) is 11.6. The second-order valence-electron chi connectivity index (χ2n) is 5.22. The monoisotopic (exact) mass is 290 g/mol. The van der Waals surface area contributed by atoms with Crippen molar-refractivity contribution in [1.29, 1.82) is 0 Å². The number of hydrogen-bond acceptors (Lipinski definition) is 5. The van der Waals surface area contributed by atoms with Crippen molar-refractivity contribution >= 4 is 5.69 Å². The molecule has 1 heterocycles. The quantitative estimate of drug-likeness (QED) is 0.573. The fourth-order valence-corrected chi connectivity index (χ4v) is 2.78. The van der Waals surface area contributed by atoms with Crippen LogP contribution in [0, 0.1) is 5.21 Å². The molecule has 1 aliphatic rings. The summed E-state index contributed by atoms with van der Waals surface area (Å²) in [7, 11) is 0. The molecule has 0 spiro atoms. The van der Waals surface area contributed by atoms with Crippen LogP contribution in [-0.4, -0.2) is 15.2 Å². The van der Waals surface area contributed by atoms with Crippen molar-refractivity contribution in [2.24, 2.45) is 0 Å². The Hall–Kier alpha value is -2.76. The lowest BCUT2D eigenvalue weighted by molar-refractivity contribution is 0.296. The number of aromatic nitrogens is 2. The van der Waals surface area contributed by atoms with Gasteiger partial charge in [-0.2, -0.15) is 0 Å². The van der Waals surface area contributed by atoms with Gasteiger partial charge >= 0.3 is 0 Å². The van der Waals surface area contributed by atoms with Crippen molar-refractivity contribution in [2.45, 2.75) is 6.42 Å². The summed E-state index contributed by atoms with van der Waals surface area (Å²) in [4.78, 5) is 9.04. The van der Waals surface area contributed by atoms with Gasteiger partial charge in [-0.3, -0.25) is 5.21 Å². The molecule has 1 aliphatic carbocycles. The lowest BCUT2D eigenvalue weighted by Crippen LogP contribution is -2.06. The molecule has 22 heavy (non-hydrogen) atoms. The average molecular weight is 290 g/mol. The van der Waals surface area contributed by atoms with Crippen LogP contribution in [0.4, 0.5) is 5.69 Å². The van der Waals surface area contributed by atoms with E-state index in [4.69, 9.17) is 5.21 Å². The standard InChI is InChI=1S/C17H12N3O2/c21-20(22)14-6-3-5-12(9-14)17-18-10-13-8-11-4-1-2-7-15(11)16(13)19-17/h1-7,9-10,21H,8H2/q-1. The average Bonchev–Trinajstić information content (AvgIpc) is 2.92. The third-order valence-corrected chi connectivity index (χ3v) is 3.84. The lowest BCUT2D eigenvalue weighted by Gasteiger charge is -2.21. The van der Waals surface area contributed by atoms with Crippen molar-refractivity contribution in [3.63, 3.8) is 0 Å². The number of nitrogens with zero attached hydrogens (tertiary/aromatic N) is 3. The van der Waals surface area contributed by atoms with Gasteiger partial charge in [0.2, 0.25) is 0 Å². The maximum atomic E-state index is 11.0. The molecular formula is C17H12N3O2-. The largest absolute Gasteiger partial charge is 0.733 e. The van der Waals surface area contributed by atoms with E-state index in [1.165, 1.54) is 11.6 Å². The SMILES string of the molecule is [O-]N(O)c1cccc(-c2ncc3c(n2)-c2ccccc2C3)c1. The Balaban J connectivity index is 1.82. The highest BCUT2D eigenvalue weighted by molar-refractivity contribution is 5.75. The molecule has 0 saturated heterocycles. The van der Waals surface area contributed by atoms with Gasteiger partial charge in [0.1, 0.15) is 0 Å². The van der Waals surface area contributed by atoms with Gasteiger partial charge in [-0.05, 0) is 17.7 Å². The van der Waals surface area contributed by atoms with Gasteiger partial charge in [-0.1, -0.05) is 36.4 Å². The Morgan fingerprint density at radius 1 is 1.05 bits per heavy atom. The first-order valence-electron chi connectivity index (χ1n) is 6.93. The molecule has 3 aromatic rings. The van der Waals surface area contributed by atoms with Gasteiger partial charge in [0.05, 0.1) is 11.4 Å². The van der Waals surface area contributed by atoms with Crippen LogP contribution in [0.25, 0.3) is 22.6 Å². The molecule has 1 aromatic heterocycles. The molecule has 5 heteroatoms. The first kappa shape index (κ1) is 12.9. The lowest BCUT2D eigenvalue weighted by atomic mass is 10.1. The van der Waals surface area contributed by atoms with Crippen LogP contribution in [0.5, 0.6) is 0 Å². The van der Waals surface area contributed by atoms with E-state index in [2.05, 4.69) is 22.1 Å². The topological polar surface area (TPSA) is 72.3 Å². The zero-order valence-corrected chi connectivity index (χ0v) is 11.6. The van der Waals surface area contributed by atoms with Gasteiger partial charge in [0, 0.05) is 29.3 Å². The second kappa shape index (κ2) is 4.91. The molecule has 0 fully saturated rings. The van der Waals surface area contributed by atoms with Crippen LogP contribution in [0.1, 0.15) is 11.1 Å². The van der Waals surface area contributed by atoms with Crippen LogP contribution in [0.2, 0.25) is 0 Å². The highest BCUT2D eigenvalue weighted by atomic mass is 16.8. The van der Waals surface area contributed by atoms with Crippen molar-refractivity contribution in [1.82, 2.24) is 9.97 Å². The maximum absolute atomic E-state index is 11.0. The molecule has 2 aromatic carbocycles. The van der Waals surface area contributed by atoms with E-state index in [0.29, 0.717) is 11.4 Å². The van der Waals surface area contributed by atoms with Crippen LogP contribution < -0.4 is 5.23 Å². The van der Waals surface area contributed by atoms with E-state index < -0.39 is 0 Å². The number of fused-ring (bicyclic) bond motifs is 3. The molecule has 0 saturated carbocycles. The summed E-state index contributed by atoms with van der Waals surface area (Å²) in [5.74, 6) is 0.541. The predicted molar refractivity (Wildman–Crippen MR) is 83.3 cm³/mol. The minimum atomic E-state index is -0.161. The van der Waals surface area contributed by atoms with E-state index >= 15 is 0 Å². The summed E-state index contributed by atoms with van der Waals surface area (Å²) in [6.45, 7) is 0. The van der Waals surface area contributed by atoms with E-state index in [9.17, 15) is 5.21 Å². The van der Waals surface area contributed by atoms with Gasteiger partial charge in [-0.15, -0.1) is 0 Å². The van der Waals surface area contributed by atoms with Crippen LogP contribution in [0.15, 0.2) is 54.7 Å². The zero-order chi connectivity index (χ0) is 15.1. The fraction of sp³-hybridized carbons (Fsp3) is 0.0588. The Labute approximate surface area is 127 Å². The summed E-state index contributed by atoms with van der Waals surface area (Å²) in [5, 5.41) is 19.9. The molecule has 108 valence electrons. The Morgan fingerprint density at radius 3 is 2.77 bits per heavy atom. The third kappa shape index (κ3) is 2.04. The minimum absolute atomic E-state index is 0.155. The molecule has 0 bridgehead atoms. The van der Waals surface area contributed by atoms with E-state index in [1.807, 2.05) is 24.4 Å². The molecular weight excluding hydrogens is 278 g/mol. The third-order valence-electron chi connectivity index (χ3n) is 3.84. The van der Waals surface area contributed by atoms with Gasteiger partial charge in [0.15, 0.2) is 5.82 Å². The van der Waals surface area contributed by atoms with Crippen molar-refractivity contribution < 1.29 is 5.21 Å². The molecule has 4 rings (SSSR count). The van der Waals surface area contributed by atoms with Crippen molar-refractivity contribution in [2.75, 3.05) is 5.23 Å². The van der Waals surface area contributed by atoms with Gasteiger partial charge in [0.25, 0.3) is 0 Å². The second-order valence-corrected chi connectivity index (χ2v) is 5.22. The highest BCUT2D eigenvalue weighted by Gasteiger charge is 2.20. The van der Waals surface area contributed by atoms with Crippen LogP contribution in [-0.2, 0) is 6.42 Å². The fourth-order valence-electron chi connectivity index (χ4n) is 2.78. The number of anilines is 1. The van der Waals surface area contributed by atoms with E-state index in [0.717, 1.165) is 23.2 Å².